The molecular weight excluding hydrogens is 307 g/mol. The molecule has 2 N–H and O–H groups in total. The summed E-state index contributed by atoms with van der Waals surface area (Å²) in [5.74, 6) is -1.60. The third kappa shape index (κ3) is 4.96. The van der Waals surface area contributed by atoms with Crippen LogP contribution in [0.5, 0.6) is 0 Å². The number of hydrogen-bond donors (Lipinski definition) is 2. The van der Waals surface area contributed by atoms with Crippen LogP contribution in [-0.4, -0.2) is 23.2 Å². The summed E-state index contributed by atoms with van der Waals surface area (Å²) in [6.07, 6.45) is -3.53. The number of carbonyl (C=O) groups excluding carboxylic acids is 1. The molecule has 1 aliphatic rings. The zero-order valence-corrected chi connectivity index (χ0v) is 13.1. The van der Waals surface area contributed by atoms with Gasteiger partial charge in [0.15, 0.2) is 0 Å². The van der Waals surface area contributed by atoms with E-state index in [0.29, 0.717) is 18.4 Å². The lowest BCUT2D eigenvalue weighted by atomic mass is 9.85. The van der Waals surface area contributed by atoms with Crippen LogP contribution in [0.1, 0.15) is 44.6 Å². The van der Waals surface area contributed by atoms with Gasteiger partial charge < -0.3 is 10.4 Å². The molecule has 1 fully saturated rings. The van der Waals surface area contributed by atoms with E-state index in [2.05, 4.69) is 5.32 Å². The quantitative estimate of drug-likeness (QED) is 0.888. The van der Waals surface area contributed by atoms with Crippen molar-refractivity contribution < 1.29 is 23.1 Å². The molecule has 3 nitrogen and oxygen atoms in total. The summed E-state index contributed by atoms with van der Waals surface area (Å²) in [6, 6.07) is 8.61. The van der Waals surface area contributed by atoms with Gasteiger partial charge in [-0.05, 0) is 38.2 Å². The van der Waals surface area contributed by atoms with Crippen molar-refractivity contribution in [3.63, 3.8) is 0 Å². The topological polar surface area (TPSA) is 49.3 Å². The van der Waals surface area contributed by atoms with Crippen molar-refractivity contribution >= 4 is 5.91 Å². The van der Waals surface area contributed by atoms with Gasteiger partial charge in [0.2, 0.25) is 5.91 Å². The standard InChI is InChI=1S/C17H22F3NO2/c1-16(23,12-5-3-2-4-6-12)11-15(22)21-14-9-7-13(8-10-14)17(18,19)20/h2-6,13-14,23H,7-11H2,1H3,(H,21,22). The van der Waals surface area contributed by atoms with E-state index in [0.717, 1.165) is 0 Å². The lowest BCUT2D eigenvalue weighted by Gasteiger charge is -2.31. The predicted octanol–water partition coefficient (Wildman–Crippen LogP) is 3.52. The van der Waals surface area contributed by atoms with Gasteiger partial charge in [-0.1, -0.05) is 30.3 Å². The molecule has 6 heteroatoms. The summed E-state index contributed by atoms with van der Waals surface area (Å²) in [5, 5.41) is 13.2. The first-order valence-electron chi connectivity index (χ1n) is 7.82. The van der Waals surface area contributed by atoms with Gasteiger partial charge in [-0.2, -0.15) is 13.2 Å². The molecule has 0 aromatic heterocycles. The average Bonchev–Trinajstić information content (AvgIpc) is 2.47. The van der Waals surface area contributed by atoms with Crippen LogP contribution >= 0.6 is 0 Å². The van der Waals surface area contributed by atoms with E-state index in [4.69, 9.17) is 0 Å². The molecule has 1 aromatic carbocycles. The highest BCUT2D eigenvalue weighted by molar-refractivity contribution is 5.77. The Balaban J connectivity index is 1.84. The largest absolute Gasteiger partial charge is 0.391 e. The average molecular weight is 329 g/mol. The Kier molecular flexibility index (Phi) is 5.34. The first kappa shape index (κ1) is 17.8. The fourth-order valence-corrected chi connectivity index (χ4v) is 3.06. The molecule has 1 amide bonds. The smallest absolute Gasteiger partial charge is 0.385 e. The number of aliphatic hydroxyl groups is 1. The molecule has 0 aliphatic heterocycles. The van der Waals surface area contributed by atoms with Gasteiger partial charge in [-0.25, -0.2) is 0 Å². The van der Waals surface area contributed by atoms with Gasteiger partial charge in [-0.3, -0.25) is 4.79 Å². The van der Waals surface area contributed by atoms with Gasteiger partial charge in [-0.15, -0.1) is 0 Å². The Hall–Kier alpha value is -1.56. The molecular formula is C17H22F3NO2. The minimum atomic E-state index is -4.15. The minimum absolute atomic E-state index is 0.0452. The van der Waals surface area contributed by atoms with Crippen molar-refractivity contribution in [2.75, 3.05) is 0 Å². The molecule has 1 aromatic rings. The lowest BCUT2D eigenvalue weighted by molar-refractivity contribution is -0.182. The molecule has 0 bridgehead atoms. The van der Waals surface area contributed by atoms with Crippen LogP contribution in [0.4, 0.5) is 13.2 Å². The third-order valence-electron chi connectivity index (χ3n) is 4.46. The number of nitrogens with one attached hydrogen (secondary N) is 1. The maximum Gasteiger partial charge on any atom is 0.391 e. The predicted molar refractivity (Wildman–Crippen MR) is 80.6 cm³/mol. The zero-order chi connectivity index (χ0) is 17.1. The molecule has 1 aliphatic carbocycles. The molecule has 2 rings (SSSR count). The number of alkyl halides is 3. The number of hydrogen-bond acceptors (Lipinski definition) is 2. The zero-order valence-electron chi connectivity index (χ0n) is 13.1. The molecule has 128 valence electrons. The lowest BCUT2D eigenvalue weighted by Crippen LogP contribution is -2.42. The molecule has 0 spiro atoms. The first-order chi connectivity index (χ1) is 10.7. The molecule has 0 heterocycles. The Morgan fingerprint density at radius 1 is 1.17 bits per heavy atom. The Morgan fingerprint density at radius 3 is 2.26 bits per heavy atom. The Morgan fingerprint density at radius 2 is 1.74 bits per heavy atom. The maximum atomic E-state index is 12.6. The molecule has 23 heavy (non-hydrogen) atoms. The summed E-state index contributed by atoms with van der Waals surface area (Å²) >= 11 is 0. The molecule has 1 saturated carbocycles. The third-order valence-corrected chi connectivity index (χ3v) is 4.46. The molecule has 1 unspecified atom stereocenters. The normalized spacial score (nSPS) is 24.7. The summed E-state index contributed by atoms with van der Waals surface area (Å²) < 4.78 is 37.9. The molecule has 1 atom stereocenters. The summed E-state index contributed by atoms with van der Waals surface area (Å²) in [6.45, 7) is 1.56. The second-order valence-corrected chi connectivity index (χ2v) is 6.47. The van der Waals surface area contributed by atoms with Crippen LogP contribution in [0.2, 0.25) is 0 Å². The van der Waals surface area contributed by atoms with Crippen molar-refractivity contribution in [1.29, 1.82) is 0 Å². The van der Waals surface area contributed by atoms with E-state index >= 15 is 0 Å². The summed E-state index contributed by atoms with van der Waals surface area (Å²) in [7, 11) is 0. The van der Waals surface area contributed by atoms with Gasteiger partial charge >= 0.3 is 6.18 Å². The van der Waals surface area contributed by atoms with Crippen LogP contribution in [0.25, 0.3) is 0 Å². The van der Waals surface area contributed by atoms with E-state index in [9.17, 15) is 23.1 Å². The van der Waals surface area contributed by atoms with Gasteiger partial charge in [0.05, 0.1) is 17.9 Å². The highest BCUT2D eigenvalue weighted by Crippen LogP contribution is 2.37. The number of carbonyl (C=O) groups is 1. The van der Waals surface area contributed by atoms with Crippen LogP contribution in [-0.2, 0) is 10.4 Å². The first-order valence-corrected chi connectivity index (χ1v) is 7.82. The van der Waals surface area contributed by atoms with Crippen LogP contribution in [0.15, 0.2) is 30.3 Å². The summed E-state index contributed by atoms with van der Waals surface area (Å²) in [5.41, 5.74) is -0.662. The summed E-state index contributed by atoms with van der Waals surface area (Å²) in [4.78, 5) is 12.1. The van der Waals surface area contributed by atoms with Crippen molar-refractivity contribution in [3.8, 4) is 0 Å². The van der Waals surface area contributed by atoms with Crippen molar-refractivity contribution in [3.05, 3.63) is 35.9 Å². The SMILES string of the molecule is CC(O)(CC(=O)NC1CCC(C(F)(F)F)CC1)c1ccccc1. The van der Waals surface area contributed by atoms with E-state index in [1.807, 2.05) is 6.07 Å². The van der Waals surface area contributed by atoms with Gasteiger partial charge in [0.1, 0.15) is 0 Å². The molecule has 0 radical (unpaired) electrons. The number of halogens is 3. The Labute approximate surface area is 133 Å². The number of amides is 1. The maximum absolute atomic E-state index is 12.6. The van der Waals surface area contributed by atoms with E-state index in [1.54, 1.807) is 31.2 Å². The van der Waals surface area contributed by atoms with Crippen LogP contribution < -0.4 is 5.32 Å². The highest BCUT2D eigenvalue weighted by Gasteiger charge is 2.41. The van der Waals surface area contributed by atoms with Gasteiger partial charge in [0.25, 0.3) is 0 Å². The van der Waals surface area contributed by atoms with Crippen LogP contribution in [0, 0.1) is 5.92 Å². The van der Waals surface area contributed by atoms with Crippen molar-refractivity contribution in [1.82, 2.24) is 5.32 Å². The van der Waals surface area contributed by atoms with E-state index < -0.39 is 17.7 Å². The second kappa shape index (κ2) is 6.91. The number of benzene rings is 1. The van der Waals surface area contributed by atoms with Crippen LogP contribution in [0.3, 0.4) is 0 Å². The molecule has 0 saturated heterocycles. The Bertz CT molecular complexity index is 520. The van der Waals surface area contributed by atoms with Gasteiger partial charge in [0, 0.05) is 6.04 Å². The number of rotatable bonds is 4. The van der Waals surface area contributed by atoms with Crippen molar-refractivity contribution in [2.24, 2.45) is 5.92 Å². The van der Waals surface area contributed by atoms with E-state index in [-0.39, 0.29) is 31.2 Å². The fraction of sp³-hybridized carbons (Fsp3) is 0.588. The van der Waals surface area contributed by atoms with Crippen molar-refractivity contribution in [2.45, 2.75) is 56.8 Å². The van der Waals surface area contributed by atoms with E-state index in [1.165, 1.54) is 0 Å². The minimum Gasteiger partial charge on any atom is -0.385 e. The highest BCUT2D eigenvalue weighted by atomic mass is 19.4. The second-order valence-electron chi connectivity index (χ2n) is 6.47. The fourth-order valence-electron chi connectivity index (χ4n) is 3.06. The monoisotopic (exact) mass is 329 g/mol.